The van der Waals surface area contributed by atoms with Crippen LogP contribution in [0.2, 0.25) is 0 Å². The lowest BCUT2D eigenvalue weighted by molar-refractivity contribution is -0.385. The summed E-state index contributed by atoms with van der Waals surface area (Å²) in [6.45, 7) is 0. The highest BCUT2D eigenvalue weighted by molar-refractivity contribution is 9.10. The normalized spacial score (nSPS) is 15.5. The maximum absolute atomic E-state index is 12.8. The van der Waals surface area contributed by atoms with Crippen LogP contribution in [0.25, 0.3) is 6.08 Å². The molecule has 12 heteroatoms. The molecule has 1 heterocycles. The topological polar surface area (TPSA) is 98.5 Å². The van der Waals surface area contributed by atoms with Crippen LogP contribution in [0.15, 0.2) is 45.8 Å². The van der Waals surface area contributed by atoms with Crippen molar-refractivity contribution in [2.45, 2.75) is 6.18 Å². The average Bonchev–Trinajstić information content (AvgIpc) is 2.93. The van der Waals surface area contributed by atoms with Crippen molar-refractivity contribution in [1.29, 1.82) is 0 Å². The first-order valence-electron chi connectivity index (χ1n) is 7.62. The summed E-state index contributed by atoms with van der Waals surface area (Å²) >= 11 is 3.95. The molecular weight excluding hydrogens is 481 g/mol. The number of ether oxygens (including phenoxy) is 1. The number of benzene rings is 2. The molecule has 29 heavy (non-hydrogen) atoms. The molecule has 0 radical (unpaired) electrons. The smallest absolute Gasteiger partial charge is 0.416 e. The predicted octanol–water partition coefficient (Wildman–Crippen LogP) is 5.49. The molecule has 1 N–H and O–H groups in total. The monoisotopic (exact) mass is 488 g/mol. The van der Waals surface area contributed by atoms with Crippen LogP contribution in [0.3, 0.4) is 0 Å². The van der Waals surface area contributed by atoms with Gasteiger partial charge in [-0.15, -0.1) is 0 Å². The lowest BCUT2D eigenvalue weighted by Crippen LogP contribution is -2.17. The van der Waals surface area contributed by atoms with Crippen LogP contribution in [0, 0.1) is 10.1 Å². The Bertz CT molecular complexity index is 1070. The standard InChI is InChI=1S/C17H8BrF3N2O5S/c18-10-5-8(6-14-15(24)22-16(25)29-14)1-3-12(10)28-13-4-2-9(17(19,20)21)7-11(13)23(26)27/h1-7H,(H,22,24,25)/b14-6-. The number of alkyl halides is 3. The van der Waals surface area contributed by atoms with Crippen molar-refractivity contribution in [3.05, 3.63) is 67.0 Å². The molecule has 0 unspecified atom stereocenters. The van der Waals surface area contributed by atoms with E-state index in [9.17, 15) is 32.9 Å². The third kappa shape index (κ3) is 4.77. The highest BCUT2D eigenvalue weighted by atomic mass is 79.9. The van der Waals surface area contributed by atoms with E-state index in [1.165, 1.54) is 24.3 Å². The number of imide groups is 1. The number of nitrogens with zero attached hydrogens (tertiary/aromatic N) is 1. The molecule has 0 aliphatic carbocycles. The second-order valence-electron chi connectivity index (χ2n) is 5.58. The van der Waals surface area contributed by atoms with Crippen molar-refractivity contribution in [3.63, 3.8) is 0 Å². The minimum atomic E-state index is -4.73. The van der Waals surface area contributed by atoms with Crippen LogP contribution in [-0.2, 0) is 11.0 Å². The van der Waals surface area contributed by atoms with Crippen LogP contribution >= 0.6 is 27.7 Å². The molecule has 0 aromatic heterocycles. The maximum atomic E-state index is 12.8. The molecule has 0 bridgehead atoms. The summed E-state index contributed by atoms with van der Waals surface area (Å²) < 4.78 is 44.1. The fraction of sp³-hybridized carbons (Fsp3) is 0.0588. The van der Waals surface area contributed by atoms with Crippen molar-refractivity contribution in [2.24, 2.45) is 0 Å². The van der Waals surface area contributed by atoms with Gasteiger partial charge < -0.3 is 4.74 Å². The van der Waals surface area contributed by atoms with E-state index in [-0.39, 0.29) is 16.4 Å². The van der Waals surface area contributed by atoms with Crippen molar-refractivity contribution >= 4 is 50.6 Å². The van der Waals surface area contributed by atoms with Crippen LogP contribution in [0.1, 0.15) is 11.1 Å². The number of carbonyl (C=O) groups excluding carboxylic acids is 2. The van der Waals surface area contributed by atoms with Gasteiger partial charge in [-0.25, -0.2) is 0 Å². The molecule has 1 aliphatic rings. The van der Waals surface area contributed by atoms with Crippen molar-refractivity contribution in [2.75, 3.05) is 0 Å². The molecule has 2 aromatic carbocycles. The molecule has 0 atom stereocenters. The molecule has 2 amide bonds. The van der Waals surface area contributed by atoms with Gasteiger partial charge in [0, 0.05) is 6.07 Å². The van der Waals surface area contributed by atoms with Gasteiger partial charge in [-0.05, 0) is 63.6 Å². The number of halogens is 4. The largest absolute Gasteiger partial charge is 0.449 e. The van der Waals surface area contributed by atoms with Gasteiger partial charge >= 0.3 is 11.9 Å². The molecule has 3 rings (SSSR count). The van der Waals surface area contributed by atoms with Crippen molar-refractivity contribution in [3.8, 4) is 11.5 Å². The number of amides is 2. The second kappa shape index (κ2) is 7.87. The van der Waals surface area contributed by atoms with E-state index in [1.54, 1.807) is 0 Å². The van der Waals surface area contributed by atoms with Gasteiger partial charge in [-0.2, -0.15) is 13.2 Å². The van der Waals surface area contributed by atoms with Gasteiger partial charge in [0.05, 0.1) is 19.9 Å². The minimum Gasteiger partial charge on any atom is -0.449 e. The van der Waals surface area contributed by atoms with Crippen molar-refractivity contribution < 1.29 is 32.4 Å². The Balaban J connectivity index is 1.89. The first-order chi connectivity index (χ1) is 13.5. The Morgan fingerprint density at radius 1 is 1.14 bits per heavy atom. The van der Waals surface area contributed by atoms with Gasteiger partial charge in [-0.1, -0.05) is 6.07 Å². The Hall–Kier alpha value is -2.86. The van der Waals surface area contributed by atoms with Gasteiger partial charge in [-0.3, -0.25) is 25.0 Å². The Labute approximate surface area is 173 Å². The summed E-state index contributed by atoms with van der Waals surface area (Å²) in [7, 11) is 0. The fourth-order valence-electron chi connectivity index (χ4n) is 2.30. The molecule has 150 valence electrons. The molecule has 1 saturated heterocycles. The number of nitro groups is 1. The van der Waals surface area contributed by atoms with E-state index < -0.39 is 33.5 Å². The third-order valence-electron chi connectivity index (χ3n) is 3.60. The van der Waals surface area contributed by atoms with Crippen LogP contribution in [0.5, 0.6) is 11.5 Å². The Morgan fingerprint density at radius 3 is 2.38 bits per heavy atom. The number of carbonyl (C=O) groups is 2. The summed E-state index contributed by atoms with van der Waals surface area (Å²) in [6, 6.07) is 6.40. The van der Waals surface area contributed by atoms with E-state index >= 15 is 0 Å². The van der Waals surface area contributed by atoms with Crippen LogP contribution < -0.4 is 10.1 Å². The lowest BCUT2D eigenvalue weighted by atomic mass is 10.1. The number of rotatable bonds is 4. The van der Waals surface area contributed by atoms with Crippen molar-refractivity contribution in [1.82, 2.24) is 5.32 Å². The Morgan fingerprint density at radius 2 is 1.83 bits per heavy atom. The van der Waals surface area contributed by atoms with E-state index in [1.807, 2.05) is 0 Å². The molecule has 0 spiro atoms. The summed E-state index contributed by atoms with van der Waals surface area (Å²) in [5.41, 5.74) is -1.48. The second-order valence-corrected chi connectivity index (χ2v) is 7.45. The molecule has 1 aliphatic heterocycles. The van der Waals surface area contributed by atoms with E-state index in [4.69, 9.17) is 4.74 Å². The van der Waals surface area contributed by atoms with E-state index in [2.05, 4.69) is 21.2 Å². The van der Waals surface area contributed by atoms with E-state index in [0.717, 1.165) is 17.8 Å². The summed E-state index contributed by atoms with van der Waals surface area (Å²) in [4.78, 5) is 33.1. The SMILES string of the molecule is O=C1NC(=O)/C(=C/c2ccc(Oc3ccc(C(F)(F)F)cc3[N+](=O)[O-])c(Br)c2)S1. The quantitative estimate of drug-likeness (QED) is 0.347. The van der Waals surface area contributed by atoms with E-state index in [0.29, 0.717) is 22.2 Å². The first-order valence-corrected chi connectivity index (χ1v) is 9.23. The first kappa shape index (κ1) is 20.9. The molecular formula is C17H8BrF3N2O5S. The van der Waals surface area contributed by atoms with Gasteiger partial charge in [0.2, 0.25) is 5.75 Å². The number of nitrogens with one attached hydrogen (secondary N) is 1. The van der Waals surface area contributed by atoms with Gasteiger partial charge in [0.1, 0.15) is 5.75 Å². The minimum absolute atomic E-state index is 0.106. The average molecular weight is 489 g/mol. The Kier molecular flexibility index (Phi) is 5.66. The van der Waals surface area contributed by atoms with Gasteiger partial charge in [0.25, 0.3) is 11.1 Å². The fourth-order valence-corrected chi connectivity index (χ4v) is 3.46. The number of hydrogen-bond donors (Lipinski definition) is 1. The molecule has 0 saturated carbocycles. The predicted molar refractivity (Wildman–Crippen MR) is 101 cm³/mol. The molecule has 2 aromatic rings. The van der Waals surface area contributed by atoms with Crippen LogP contribution in [-0.4, -0.2) is 16.1 Å². The zero-order valence-electron chi connectivity index (χ0n) is 14.0. The molecule has 1 fully saturated rings. The number of thioether (sulfide) groups is 1. The zero-order chi connectivity index (χ0) is 21.3. The van der Waals surface area contributed by atoms with Crippen LogP contribution in [0.4, 0.5) is 23.7 Å². The van der Waals surface area contributed by atoms with Gasteiger partial charge in [0.15, 0.2) is 0 Å². The highest BCUT2D eigenvalue weighted by Gasteiger charge is 2.33. The number of hydrogen-bond acceptors (Lipinski definition) is 6. The maximum Gasteiger partial charge on any atom is 0.416 e. The third-order valence-corrected chi connectivity index (χ3v) is 5.03. The summed E-state index contributed by atoms with van der Waals surface area (Å²) in [5.74, 6) is -0.794. The number of nitro benzene ring substituents is 1. The highest BCUT2D eigenvalue weighted by Crippen LogP contribution is 2.39. The zero-order valence-corrected chi connectivity index (χ0v) is 16.4. The lowest BCUT2D eigenvalue weighted by Gasteiger charge is -2.11. The molecule has 7 nitrogen and oxygen atoms in total. The summed E-state index contributed by atoms with van der Waals surface area (Å²) in [5, 5.41) is 12.8. The summed E-state index contributed by atoms with van der Waals surface area (Å²) in [6.07, 6.45) is -3.27.